The zero-order valence-electron chi connectivity index (χ0n) is 18.9. The predicted molar refractivity (Wildman–Crippen MR) is 136 cm³/mol. The van der Waals surface area contributed by atoms with Crippen molar-refractivity contribution in [1.29, 1.82) is 0 Å². The highest BCUT2D eigenvalue weighted by molar-refractivity contribution is 7.98. The highest BCUT2D eigenvalue weighted by atomic mass is 32.2. The topological polar surface area (TPSA) is 63.9 Å². The third-order valence-corrected chi connectivity index (χ3v) is 7.03. The third-order valence-electron chi connectivity index (χ3n) is 5.15. The third kappa shape index (κ3) is 4.95. The molecule has 34 heavy (non-hydrogen) atoms. The maximum Gasteiger partial charge on any atom is 0.230 e. The number of carbonyl (C=O) groups excluding carboxylic acids is 1. The van der Waals surface area contributed by atoms with Crippen LogP contribution in [0.1, 0.15) is 25.1 Å². The summed E-state index contributed by atoms with van der Waals surface area (Å²) in [4.78, 5) is 18.9. The van der Waals surface area contributed by atoms with E-state index < -0.39 is 0 Å². The molecule has 0 aliphatic rings. The molecule has 4 aromatic rings. The molecule has 2 aromatic heterocycles. The maximum atomic E-state index is 14.3. The fourth-order valence-electron chi connectivity index (χ4n) is 3.57. The molecule has 0 N–H and O–H groups in total. The quantitative estimate of drug-likeness (QED) is 0.203. The van der Waals surface area contributed by atoms with Crippen LogP contribution in [0.2, 0.25) is 0 Å². The standard InChI is InChI=1S/C25H24FN5OS2/c1-4-14-30-23(20-11-7-8-12-21(20)26)28-29-25(30)34-16-19-15-33-24(27-19)31(17(3)32)22-13-9-6-10-18(22)5-2/h4,6-13,15H,1,5,14,16H2,2-3H3. The monoisotopic (exact) mass is 493 g/mol. The van der Waals surface area contributed by atoms with Gasteiger partial charge in [0.05, 0.1) is 16.9 Å². The van der Waals surface area contributed by atoms with Gasteiger partial charge in [0, 0.05) is 24.6 Å². The van der Waals surface area contributed by atoms with Crippen molar-refractivity contribution in [2.75, 3.05) is 4.90 Å². The van der Waals surface area contributed by atoms with E-state index in [9.17, 15) is 9.18 Å². The van der Waals surface area contributed by atoms with Crippen LogP contribution in [0, 0.1) is 5.82 Å². The molecular weight excluding hydrogens is 469 g/mol. The Morgan fingerprint density at radius 2 is 1.97 bits per heavy atom. The fourth-order valence-corrected chi connectivity index (χ4v) is 5.40. The number of carbonyl (C=O) groups is 1. The summed E-state index contributed by atoms with van der Waals surface area (Å²) in [5.41, 5.74) is 3.16. The number of rotatable bonds is 9. The summed E-state index contributed by atoms with van der Waals surface area (Å²) in [7, 11) is 0. The predicted octanol–water partition coefficient (Wildman–Crippen LogP) is 6.27. The highest BCUT2D eigenvalue weighted by Gasteiger charge is 2.21. The molecule has 1 amide bonds. The Morgan fingerprint density at radius 3 is 2.71 bits per heavy atom. The molecule has 4 rings (SSSR count). The Bertz CT molecular complexity index is 1320. The number of hydrogen-bond donors (Lipinski definition) is 0. The summed E-state index contributed by atoms with van der Waals surface area (Å²) in [6, 6.07) is 14.4. The van der Waals surface area contributed by atoms with Gasteiger partial charge in [-0.15, -0.1) is 28.1 Å². The van der Waals surface area contributed by atoms with Crippen molar-refractivity contribution in [3.63, 3.8) is 0 Å². The van der Waals surface area contributed by atoms with Crippen LogP contribution in [0.25, 0.3) is 11.4 Å². The number of para-hydroxylation sites is 1. The number of allylic oxidation sites excluding steroid dienone is 1. The van der Waals surface area contributed by atoms with E-state index in [2.05, 4.69) is 23.7 Å². The molecule has 0 aliphatic heterocycles. The van der Waals surface area contributed by atoms with Gasteiger partial charge >= 0.3 is 0 Å². The first-order chi connectivity index (χ1) is 16.5. The van der Waals surface area contributed by atoms with Gasteiger partial charge in [-0.3, -0.25) is 14.3 Å². The minimum Gasteiger partial charge on any atom is -0.298 e. The summed E-state index contributed by atoms with van der Waals surface area (Å²) >= 11 is 2.88. The molecule has 0 saturated heterocycles. The van der Waals surface area contributed by atoms with Gasteiger partial charge in [0.15, 0.2) is 16.1 Å². The second-order valence-corrected chi connectivity index (χ2v) is 9.21. The number of halogens is 1. The molecule has 9 heteroatoms. The lowest BCUT2D eigenvalue weighted by Gasteiger charge is -2.20. The Morgan fingerprint density at radius 1 is 1.21 bits per heavy atom. The van der Waals surface area contributed by atoms with Gasteiger partial charge in [0.2, 0.25) is 5.91 Å². The summed E-state index contributed by atoms with van der Waals surface area (Å²) in [5.74, 6) is 0.551. The highest BCUT2D eigenvalue weighted by Crippen LogP contribution is 2.34. The van der Waals surface area contributed by atoms with Crippen LogP contribution in [-0.2, 0) is 23.5 Å². The Labute approximate surface area is 206 Å². The smallest absolute Gasteiger partial charge is 0.230 e. The van der Waals surface area contributed by atoms with Crippen molar-refractivity contribution >= 4 is 39.8 Å². The van der Waals surface area contributed by atoms with Crippen molar-refractivity contribution in [1.82, 2.24) is 19.7 Å². The SMILES string of the molecule is C=CCn1c(SCc2csc(N(C(C)=O)c3ccccc3CC)n2)nnc1-c1ccccc1F. The number of nitrogens with zero attached hydrogens (tertiary/aromatic N) is 5. The largest absolute Gasteiger partial charge is 0.298 e. The molecule has 0 atom stereocenters. The molecule has 0 fully saturated rings. The van der Waals surface area contributed by atoms with E-state index in [0.717, 1.165) is 23.4 Å². The second-order valence-electron chi connectivity index (χ2n) is 7.43. The molecule has 0 bridgehead atoms. The average Bonchev–Trinajstić information content (AvgIpc) is 3.46. The second kappa shape index (κ2) is 10.8. The van der Waals surface area contributed by atoms with E-state index >= 15 is 0 Å². The van der Waals surface area contributed by atoms with Crippen molar-refractivity contribution in [3.05, 3.63) is 83.6 Å². The van der Waals surface area contributed by atoms with Gasteiger partial charge in [-0.2, -0.15) is 0 Å². The molecular formula is C25H24FN5OS2. The van der Waals surface area contributed by atoms with Crippen LogP contribution >= 0.6 is 23.1 Å². The lowest BCUT2D eigenvalue weighted by Crippen LogP contribution is -2.23. The van der Waals surface area contributed by atoms with Crippen molar-refractivity contribution in [3.8, 4) is 11.4 Å². The van der Waals surface area contributed by atoms with Gasteiger partial charge in [0.1, 0.15) is 5.82 Å². The summed E-state index contributed by atoms with van der Waals surface area (Å²) in [5, 5.41) is 11.7. The van der Waals surface area contributed by atoms with Crippen LogP contribution in [0.15, 0.2) is 71.7 Å². The molecule has 6 nitrogen and oxygen atoms in total. The molecule has 174 valence electrons. The van der Waals surface area contributed by atoms with Crippen LogP contribution < -0.4 is 4.90 Å². The van der Waals surface area contributed by atoms with Crippen molar-refractivity contribution < 1.29 is 9.18 Å². The van der Waals surface area contributed by atoms with Crippen LogP contribution in [0.4, 0.5) is 15.2 Å². The summed E-state index contributed by atoms with van der Waals surface area (Å²) in [6.07, 6.45) is 2.55. The lowest BCUT2D eigenvalue weighted by atomic mass is 10.1. The molecule has 2 aromatic carbocycles. The summed E-state index contributed by atoms with van der Waals surface area (Å²) < 4.78 is 16.2. The Hall–Kier alpha value is -3.30. The van der Waals surface area contributed by atoms with Crippen molar-refractivity contribution in [2.45, 2.75) is 37.7 Å². The molecule has 2 heterocycles. The van der Waals surface area contributed by atoms with Crippen LogP contribution in [0.3, 0.4) is 0 Å². The van der Waals surface area contributed by atoms with E-state index in [1.54, 1.807) is 36.1 Å². The van der Waals surface area contributed by atoms with E-state index in [0.29, 0.717) is 34.0 Å². The van der Waals surface area contributed by atoms with Gasteiger partial charge < -0.3 is 0 Å². The Kier molecular flexibility index (Phi) is 7.54. The average molecular weight is 494 g/mol. The van der Waals surface area contributed by atoms with E-state index in [-0.39, 0.29) is 11.7 Å². The zero-order valence-corrected chi connectivity index (χ0v) is 20.6. The molecule has 0 saturated carbocycles. The molecule has 0 radical (unpaired) electrons. The van der Waals surface area contributed by atoms with Gasteiger partial charge in [-0.1, -0.05) is 55.1 Å². The first-order valence-electron chi connectivity index (χ1n) is 10.8. The number of amides is 1. The number of anilines is 2. The fraction of sp³-hybridized carbons (Fsp3) is 0.200. The minimum atomic E-state index is -0.349. The maximum absolute atomic E-state index is 14.3. The summed E-state index contributed by atoms with van der Waals surface area (Å²) in [6.45, 7) is 7.87. The number of thiazole rings is 1. The number of thioether (sulfide) groups is 1. The van der Waals surface area contributed by atoms with Crippen LogP contribution in [0.5, 0.6) is 0 Å². The Balaban J connectivity index is 1.57. The van der Waals surface area contributed by atoms with Gasteiger partial charge in [0.25, 0.3) is 0 Å². The van der Waals surface area contributed by atoms with E-state index in [1.807, 2.05) is 34.2 Å². The lowest BCUT2D eigenvalue weighted by molar-refractivity contribution is -0.115. The zero-order chi connectivity index (χ0) is 24.1. The van der Waals surface area contributed by atoms with Gasteiger partial charge in [-0.25, -0.2) is 9.37 Å². The van der Waals surface area contributed by atoms with E-state index in [1.165, 1.54) is 29.2 Å². The number of aromatic nitrogens is 4. The minimum absolute atomic E-state index is 0.0882. The first kappa shape index (κ1) is 23.8. The molecule has 0 unspecified atom stereocenters. The number of hydrogen-bond acceptors (Lipinski definition) is 6. The molecule has 0 aliphatic carbocycles. The number of aryl methyl sites for hydroxylation is 1. The molecule has 0 spiro atoms. The first-order valence-corrected chi connectivity index (χ1v) is 12.6. The van der Waals surface area contributed by atoms with Crippen LogP contribution in [-0.4, -0.2) is 25.7 Å². The van der Waals surface area contributed by atoms with Gasteiger partial charge in [-0.05, 0) is 30.2 Å². The van der Waals surface area contributed by atoms with E-state index in [4.69, 9.17) is 4.98 Å². The number of benzene rings is 2. The van der Waals surface area contributed by atoms with Crippen molar-refractivity contribution in [2.24, 2.45) is 0 Å². The normalized spacial score (nSPS) is 10.9.